The van der Waals surface area contributed by atoms with Crippen LogP contribution in [0.4, 0.5) is 11.4 Å². The lowest BCUT2D eigenvalue weighted by Gasteiger charge is -2.43. The molecule has 6 nitrogen and oxygen atoms in total. The number of amides is 1. The van der Waals surface area contributed by atoms with Crippen LogP contribution in [0, 0.1) is 3.57 Å². The number of amidine groups is 1. The van der Waals surface area contributed by atoms with E-state index in [4.69, 9.17) is 26.1 Å². The van der Waals surface area contributed by atoms with Crippen molar-refractivity contribution in [3.63, 3.8) is 0 Å². The molecular formula is C42H35ClIN3O3S. The molecule has 51 heavy (non-hydrogen) atoms. The standard InChI is InChI=1S/C42H35ClIN3O3S/c1-49-37-21-27(20-36(44)40(37)50-25-26-12-14-30(43)15-13-26)22-38-41(48)46-42(51-38)45-31-23-34-32(28-8-4-2-5-9-28)16-18-47-19-17-33(35(24-31)39(34)47)29-10-6-3-7-11-29/h2-15,20-24,32-33H,16-19,25H2,1H3,(H,45,46,48)/b38-22-/t32-,33-/m1/s1. The molecule has 2 atom stereocenters. The Morgan fingerprint density at radius 3 is 2.14 bits per heavy atom. The molecule has 0 bridgehead atoms. The fourth-order valence-electron chi connectivity index (χ4n) is 7.35. The Morgan fingerprint density at radius 2 is 1.53 bits per heavy atom. The first kappa shape index (κ1) is 33.9. The Hall–Kier alpha value is -4.25. The second-order valence-corrected chi connectivity index (χ2v) is 15.5. The normalized spacial score (nSPS) is 19.6. The molecule has 9 heteroatoms. The number of methoxy groups -OCH3 is 1. The third kappa shape index (κ3) is 7.14. The number of aliphatic imine (C=N–C) groups is 1. The minimum Gasteiger partial charge on any atom is -0.493 e. The van der Waals surface area contributed by atoms with Crippen LogP contribution in [0.1, 0.15) is 58.1 Å². The fourth-order valence-corrected chi connectivity index (χ4v) is 9.10. The molecule has 1 fully saturated rings. The summed E-state index contributed by atoms with van der Waals surface area (Å²) in [5.41, 5.74) is 9.33. The molecule has 3 heterocycles. The highest BCUT2D eigenvalue weighted by molar-refractivity contribution is 14.1. The largest absolute Gasteiger partial charge is 0.493 e. The Kier molecular flexibility index (Phi) is 9.81. The van der Waals surface area contributed by atoms with Crippen LogP contribution < -0.4 is 19.7 Å². The molecule has 3 aliphatic heterocycles. The van der Waals surface area contributed by atoms with Gasteiger partial charge < -0.3 is 19.7 Å². The number of nitrogens with one attached hydrogen (secondary N) is 1. The van der Waals surface area contributed by atoms with Gasteiger partial charge in [0, 0.05) is 35.6 Å². The smallest absolute Gasteiger partial charge is 0.264 e. The minimum absolute atomic E-state index is 0.175. The van der Waals surface area contributed by atoms with Gasteiger partial charge in [0.05, 0.1) is 21.3 Å². The molecule has 1 saturated heterocycles. The van der Waals surface area contributed by atoms with Gasteiger partial charge in [-0.25, -0.2) is 4.99 Å². The van der Waals surface area contributed by atoms with Crippen molar-refractivity contribution in [1.29, 1.82) is 0 Å². The highest BCUT2D eigenvalue weighted by Crippen LogP contribution is 2.50. The molecule has 0 unspecified atom stereocenters. The van der Waals surface area contributed by atoms with E-state index >= 15 is 0 Å². The first-order valence-corrected chi connectivity index (χ1v) is 19.3. The van der Waals surface area contributed by atoms with Crippen LogP contribution in [0.5, 0.6) is 11.5 Å². The summed E-state index contributed by atoms with van der Waals surface area (Å²) in [6, 6.07) is 37.6. The number of hydrogen-bond donors (Lipinski definition) is 1. The van der Waals surface area contributed by atoms with Gasteiger partial charge in [-0.1, -0.05) is 84.4 Å². The van der Waals surface area contributed by atoms with Crippen molar-refractivity contribution in [1.82, 2.24) is 5.32 Å². The van der Waals surface area contributed by atoms with E-state index in [1.54, 1.807) is 7.11 Å². The summed E-state index contributed by atoms with van der Waals surface area (Å²) in [5.74, 6) is 1.63. The summed E-state index contributed by atoms with van der Waals surface area (Å²) < 4.78 is 12.7. The van der Waals surface area contributed by atoms with Crippen molar-refractivity contribution in [3.8, 4) is 11.5 Å². The van der Waals surface area contributed by atoms with Crippen molar-refractivity contribution < 1.29 is 14.3 Å². The average Bonchev–Trinajstić information content (AvgIpc) is 3.49. The Morgan fingerprint density at radius 1 is 0.902 bits per heavy atom. The summed E-state index contributed by atoms with van der Waals surface area (Å²) in [5, 5.41) is 4.28. The van der Waals surface area contributed by atoms with E-state index in [1.807, 2.05) is 42.5 Å². The molecule has 8 rings (SSSR count). The van der Waals surface area contributed by atoms with Crippen LogP contribution in [0.2, 0.25) is 5.02 Å². The quantitative estimate of drug-likeness (QED) is 0.125. The van der Waals surface area contributed by atoms with Gasteiger partial charge in [-0.2, -0.15) is 0 Å². The molecule has 0 aromatic heterocycles. The van der Waals surface area contributed by atoms with Crippen LogP contribution in [-0.4, -0.2) is 31.3 Å². The Labute approximate surface area is 321 Å². The first-order chi connectivity index (χ1) is 24.9. The molecule has 5 aromatic carbocycles. The molecular weight excluding hydrogens is 789 g/mol. The average molecular weight is 824 g/mol. The van der Waals surface area contributed by atoms with Gasteiger partial charge in [-0.15, -0.1) is 0 Å². The van der Waals surface area contributed by atoms with Crippen LogP contribution in [0.3, 0.4) is 0 Å². The number of thioether (sulfide) groups is 1. The first-order valence-electron chi connectivity index (χ1n) is 17.0. The van der Waals surface area contributed by atoms with E-state index in [2.05, 4.69) is 106 Å². The molecule has 1 amide bonds. The number of benzene rings is 5. The predicted octanol–water partition coefficient (Wildman–Crippen LogP) is 10.3. The van der Waals surface area contributed by atoms with E-state index in [0.717, 1.165) is 46.3 Å². The summed E-state index contributed by atoms with van der Waals surface area (Å²) in [6.07, 6.45) is 3.98. The summed E-state index contributed by atoms with van der Waals surface area (Å²) in [7, 11) is 1.62. The Balaban J connectivity index is 1.11. The zero-order chi connectivity index (χ0) is 34.9. The molecule has 1 N–H and O–H groups in total. The third-order valence-corrected chi connectivity index (χ3v) is 11.7. The zero-order valence-corrected chi connectivity index (χ0v) is 31.7. The van der Waals surface area contributed by atoms with E-state index < -0.39 is 0 Å². The number of anilines is 1. The zero-order valence-electron chi connectivity index (χ0n) is 27.9. The number of rotatable bonds is 8. The summed E-state index contributed by atoms with van der Waals surface area (Å²) in [4.78, 5) is 21.5. The van der Waals surface area contributed by atoms with Gasteiger partial charge in [-0.3, -0.25) is 4.79 Å². The number of ether oxygens (including phenoxy) is 2. The SMILES string of the molecule is COc1cc(/C=C2\SC(=Nc3cc4c5c(c3)[C@@H](c3ccccc3)CCN5CC[C@@H]4c3ccccc3)NC2=O)cc(I)c1OCc1ccc(Cl)cc1. The van der Waals surface area contributed by atoms with Crippen LogP contribution in [0.15, 0.2) is 119 Å². The number of nitrogens with zero attached hydrogens (tertiary/aromatic N) is 2. The van der Waals surface area contributed by atoms with E-state index in [9.17, 15) is 4.79 Å². The predicted molar refractivity (Wildman–Crippen MR) is 217 cm³/mol. The van der Waals surface area contributed by atoms with Crippen molar-refractivity contribution in [2.75, 3.05) is 25.1 Å². The van der Waals surface area contributed by atoms with Crippen molar-refractivity contribution in [3.05, 3.63) is 156 Å². The number of carbonyl (C=O) groups is 1. The van der Waals surface area contributed by atoms with E-state index in [0.29, 0.717) is 33.2 Å². The molecule has 256 valence electrons. The van der Waals surface area contributed by atoms with Crippen LogP contribution >= 0.6 is 46.0 Å². The van der Waals surface area contributed by atoms with Gasteiger partial charge in [-0.05, 0) is 123 Å². The third-order valence-electron chi connectivity index (χ3n) is 9.73. The molecule has 5 aromatic rings. The molecule has 0 saturated carbocycles. The molecule has 3 aliphatic rings. The van der Waals surface area contributed by atoms with E-state index in [-0.39, 0.29) is 17.7 Å². The van der Waals surface area contributed by atoms with Gasteiger partial charge in [0.1, 0.15) is 6.61 Å². The van der Waals surface area contributed by atoms with Crippen molar-refractivity contribution >= 4 is 74.5 Å². The monoisotopic (exact) mass is 823 g/mol. The number of halogens is 2. The van der Waals surface area contributed by atoms with Gasteiger partial charge in [0.25, 0.3) is 5.91 Å². The fraction of sp³-hybridized carbons (Fsp3) is 0.190. The van der Waals surface area contributed by atoms with Crippen LogP contribution in [-0.2, 0) is 11.4 Å². The maximum Gasteiger partial charge on any atom is 0.264 e. The molecule has 0 aliphatic carbocycles. The highest BCUT2D eigenvalue weighted by Gasteiger charge is 2.35. The van der Waals surface area contributed by atoms with Gasteiger partial charge >= 0.3 is 0 Å². The Bertz CT molecular complexity index is 2090. The van der Waals surface area contributed by atoms with Gasteiger partial charge in [0.2, 0.25) is 0 Å². The number of hydrogen-bond acceptors (Lipinski definition) is 6. The summed E-state index contributed by atoms with van der Waals surface area (Å²) >= 11 is 9.64. The van der Waals surface area contributed by atoms with Crippen molar-refractivity contribution in [2.24, 2.45) is 4.99 Å². The lowest BCUT2D eigenvalue weighted by molar-refractivity contribution is -0.115. The maximum atomic E-state index is 13.3. The molecule has 0 spiro atoms. The van der Waals surface area contributed by atoms with E-state index in [1.165, 1.54) is 39.7 Å². The second-order valence-electron chi connectivity index (χ2n) is 12.9. The topological polar surface area (TPSA) is 63.2 Å². The highest BCUT2D eigenvalue weighted by atomic mass is 127. The lowest BCUT2D eigenvalue weighted by atomic mass is 9.76. The summed E-state index contributed by atoms with van der Waals surface area (Å²) in [6.45, 7) is 2.45. The van der Waals surface area contributed by atoms with Gasteiger partial charge in [0.15, 0.2) is 16.7 Å². The lowest BCUT2D eigenvalue weighted by Crippen LogP contribution is -2.37. The van der Waals surface area contributed by atoms with Crippen LogP contribution in [0.25, 0.3) is 6.08 Å². The second kappa shape index (κ2) is 14.8. The van der Waals surface area contributed by atoms with Crippen molar-refractivity contribution in [2.45, 2.75) is 31.3 Å². The molecule has 0 radical (unpaired) electrons. The minimum atomic E-state index is -0.175. The maximum absolute atomic E-state index is 13.3. The number of carbonyl (C=O) groups excluding carboxylic acids is 1.